The van der Waals surface area contributed by atoms with Crippen LogP contribution in [-0.2, 0) is 0 Å². The van der Waals surface area contributed by atoms with E-state index in [1.54, 1.807) is 0 Å². The highest BCUT2D eigenvalue weighted by Crippen LogP contribution is 2.35. The molecule has 0 spiro atoms. The smallest absolute Gasteiger partial charge is 0.00442 e. The van der Waals surface area contributed by atoms with Crippen molar-refractivity contribution in [2.75, 3.05) is 0 Å². The molecule has 1 fully saturated rings. The van der Waals surface area contributed by atoms with E-state index in [1.807, 2.05) is 0 Å². The fourth-order valence-corrected chi connectivity index (χ4v) is 3.17. The molecule has 5 unspecified atom stereocenters. The first kappa shape index (κ1) is 14.0. The van der Waals surface area contributed by atoms with E-state index < -0.39 is 0 Å². The molecule has 0 aromatic heterocycles. The highest BCUT2D eigenvalue weighted by Gasteiger charge is 2.26. The third-order valence-corrected chi connectivity index (χ3v) is 4.93. The quantitative estimate of drug-likeness (QED) is 0.720. The molecular formula is C15H31N. The van der Waals surface area contributed by atoms with Gasteiger partial charge in [-0.1, -0.05) is 53.4 Å². The van der Waals surface area contributed by atoms with Crippen LogP contribution < -0.4 is 5.73 Å². The summed E-state index contributed by atoms with van der Waals surface area (Å²) >= 11 is 0. The zero-order valence-electron chi connectivity index (χ0n) is 11.7. The van der Waals surface area contributed by atoms with E-state index in [9.17, 15) is 0 Å². The van der Waals surface area contributed by atoms with E-state index in [2.05, 4.69) is 27.7 Å². The second-order valence-corrected chi connectivity index (χ2v) is 6.26. The van der Waals surface area contributed by atoms with Gasteiger partial charge in [0, 0.05) is 6.04 Å². The third kappa shape index (κ3) is 4.08. The maximum absolute atomic E-state index is 6.31. The van der Waals surface area contributed by atoms with Gasteiger partial charge in [-0.3, -0.25) is 0 Å². The Bertz CT molecular complexity index is 190. The Morgan fingerprint density at radius 3 is 2.38 bits per heavy atom. The van der Waals surface area contributed by atoms with E-state index in [-0.39, 0.29) is 0 Å². The Labute approximate surface area is 102 Å². The molecule has 96 valence electrons. The fraction of sp³-hybridized carbons (Fsp3) is 1.00. The standard InChI is InChI=1S/C15H31N/c1-5-11(2)13(4)9-15(16)10-14-8-6-7-12(14)3/h11-15H,5-10,16H2,1-4H3. The van der Waals surface area contributed by atoms with Gasteiger partial charge in [-0.25, -0.2) is 0 Å². The van der Waals surface area contributed by atoms with Crippen LogP contribution in [0.4, 0.5) is 0 Å². The minimum absolute atomic E-state index is 0.439. The van der Waals surface area contributed by atoms with Crippen LogP contribution in [-0.4, -0.2) is 6.04 Å². The normalized spacial score (nSPS) is 31.3. The van der Waals surface area contributed by atoms with E-state index >= 15 is 0 Å². The van der Waals surface area contributed by atoms with E-state index in [1.165, 1.54) is 38.5 Å². The Morgan fingerprint density at radius 1 is 1.19 bits per heavy atom. The highest BCUT2D eigenvalue weighted by atomic mass is 14.6. The number of hydrogen-bond donors (Lipinski definition) is 1. The molecule has 1 aliphatic rings. The van der Waals surface area contributed by atoms with E-state index in [0.717, 1.165) is 23.7 Å². The summed E-state index contributed by atoms with van der Waals surface area (Å²) in [5.74, 6) is 3.45. The molecular weight excluding hydrogens is 194 g/mol. The van der Waals surface area contributed by atoms with Crippen molar-refractivity contribution < 1.29 is 0 Å². The van der Waals surface area contributed by atoms with Crippen LogP contribution in [0.25, 0.3) is 0 Å². The zero-order chi connectivity index (χ0) is 12.1. The third-order valence-electron chi connectivity index (χ3n) is 4.93. The number of rotatable bonds is 6. The van der Waals surface area contributed by atoms with Gasteiger partial charge in [-0.15, -0.1) is 0 Å². The molecule has 1 saturated carbocycles. The van der Waals surface area contributed by atoms with E-state index in [0.29, 0.717) is 6.04 Å². The van der Waals surface area contributed by atoms with Crippen molar-refractivity contribution in [3.05, 3.63) is 0 Å². The van der Waals surface area contributed by atoms with Crippen molar-refractivity contribution in [2.24, 2.45) is 29.4 Å². The SMILES string of the molecule is CCC(C)C(C)CC(N)CC1CCCC1C. The molecule has 0 bridgehead atoms. The van der Waals surface area contributed by atoms with Crippen LogP contribution in [0.1, 0.15) is 66.2 Å². The Kier molecular flexibility index (Phi) is 5.82. The average Bonchev–Trinajstić information content (AvgIpc) is 2.63. The lowest BCUT2D eigenvalue weighted by molar-refractivity contribution is 0.288. The summed E-state index contributed by atoms with van der Waals surface area (Å²) in [5, 5.41) is 0. The molecule has 0 aliphatic heterocycles. The molecule has 1 rings (SSSR count). The fourth-order valence-electron chi connectivity index (χ4n) is 3.17. The average molecular weight is 225 g/mol. The predicted molar refractivity (Wildman–Crippen MR) is 72.3 cm³/mol. The summed E-state index contributed by atoms with van der Waals surface area (Å²) < 4.78 is 0. The minimum atomic E-state index is 0.439. The van der Waals surface area contributed by atoms with Gasteiger partial charge < -0.3 is 5.73 Å². The van der Waals surface area contributed by atoms with Gasteiger partial charge in [0.2, 0.25) is 0 Å². The summed E-state index contributed by atoms with van der Waals surface area (Å²) in [7, 11) is 0. The summed E-state index contributed by atoms with van der Waals surface area (Å²) in [6.45, 7) is 9.41. The Morgan fingerprint density at radius 2 is 1.88 bits per heavy atom. The van der Waals surface area contributed by atoms with Gasteiger partial charge in [0.15, 0.2) is 0 Å². The molecule has 1 aliphatic carbocycles. The maximum atomic E-state index is 6.31. The first-order valence-corrected chi connectivity index (χ1v) is 7.30. The van der Waals surface area contributed by atoms with Crippen molar-refractivity contribution in [1.82, 2.24) is 0 Å². The molecule has 0 heterocycles. The van der Waals surface area contributed by atoms with Crippen LogP contribution >= 0.6 is 0 Å². The van der Waals surface area contributed by atoms with Crippen molar-refractivity contribution >= 4 is 0 Å². The van der Waals surface area contributed by atoms with Crippen LogP contribution in [0.15, 0.2) is 0 Å². The topological polar surface area (TPSA) is 26.0 Å². The monoisotopic (exact) mass is 225 g/mol. The predicted octanol–water partition coefficient (Wildman–Crippen LogP) is 4.21. The van der Waals surface area contributed by atoms with Crippen molar-refractivity contribution in [2.45, 2.75) is 72.3 Å². The molecule has 1 heteroatoms. The number of nitrogens with two attached hydrogens (primary N) is 1. The molecule has 5 atom stereocenters. The van der Waals surface area contributed by atoms with Gasteiger partial charge in [-0.2, -0.15) is 0 Å². The summed E-state index contributed by atoms with van der Waals surface area (Å²) in [4.78, 5) is 0. The Balaban J connectivity index is 2.26. The lowest BCUT2D eigenvalue weighted by atomic mass is 9.83. The largest absolute Gasteiger partial charge is 0.328 e. The Hall–Kier alpha value is -0.0400. The molecule has 0 aromatic rings. The van der Waals surface area contributed by atoms with Crippen molar-refractivity contribution in [1.29, 1.82) is 0 Å². The van der Waals surface area contributed by atoms with Crippen LogP contribution in [0.2, 0.25) is 0 Å². The molecule has 16 heavy (non-hydrogen) atoms. The second kappa shape index (κ2) is 6.64. The van der Waals surface area contributed by atoms with Crippen LogP contribution in [0, 0.1) is 23.7 Å². The molecule has 0 aromatic carbocycles. The van der Waals surface area contributed by atoms with Gasteiger partial charge in [0.05, 0.1) is 0 Å². The molecule has 1 nitrogen and oxygen atoms in total. The van der Waals surface area contributed by atoms with Crippen LogP contribution in [0.3, 0.4) is 0 Å². The lowest BCUT2D eigenvalue weighted by Gasteiger charge is -2.25. The second-order valence-electron chi connectivity index (χ2n) is 6.26. The molecule has 0 amide bonds. The van der Waals surface area contributed by atoms with Gasteiger partial charge in [-0.05, 0) is 36.5 Å². The zero-order valence-corrected chi connectivity index (χ0v) is 11.7. The summed E-state index contributed by atoms with van der Waals surface area (Å²) in [6.07, 6.45) is 8.05. The summed E-state index contributed by atoms with van der Waals surface area (Å²) in [5.41, 5.74) is 6.31. The lowest BCUT2D eigenvalue weighted by Crippen LogP contribution is -2.28. The van der Waals surface area contributed by atoms with Gasteiger partial charge >= 0.3 is 0 Å². The van der Waals surface area contributed by atoms with Crippen molar-refractivity contribution in [3.8, 4) is 0 Å². The molecule has 2 N–H and O–H groups in total. The van der Waals surface area contributed by atoms with E-state index in [4.69, 9.17) is 5.73 Å². The highest BCUT2D eigenvalue weighted by molar-refractivity contribution is 4.79. The van der Waals surface area contributed by atoms with Gasteiger partial charge in [0.25, 0.3) is 0 Å². The number of hydrogen-bond acceptors (Lipinski definition) is 1. The first-order valence-electron chi connectivity index (χ1n) is 7.30. The maximum Gasteiger partial charge on any atom is 0.00442 e. The van der Waals surface area contributed by atoms with Gasteiger partial charge in [0.1, 0.15) is 0 Å². The summed E-state index contributed by atoms with van der Waals surface area (Å²) in [6, 6.07) is 0.439. The molecule has 0 radical (unpaired) electrons. The van der Waals surface area contributed by atoms with Crippen LogP contribution in [0.5, 0.6) is 0 Å². The first-order chi connectivity index (χ1) is 7.54. The van der Waals surface area contributed by atoms with Crippen molar-refractivity contribution in [3.63, 3.8) is 0 Å². The minimum Gasteiger partial charge on any atom is -0.328 e. The molecule has 0 saturated heterocycles.